The van der Waals surface area contributed by atoms with E-state index in [1.54, 1.807) is 30.5 Å². The Labute approximate surface area is 140 Å². The fourth-order valence-electron chi connectivity index (χ4n) is 3.31. The van der Waals surface area contributed by atoms with Crippen LogP contribution in [0.25, 0.3) is 0 Å². The van der Waals surface area contributed by atoms with Crippen molar-refractivity contribution in [3.8, 4) is 0 Å². The van der Waals surface area contributed by atoms with E-state index in [0.29, 0.717) is 11.4 Å². The number of nitrogens with two attached hydrogens (primary N) is 1. The van der Waals surface area contributed by atoms with Crippen LogP contribution >= 0.6 is 0 Å². The van der Waals surface area contributed by atoms with E-state index in [-0.39, 0.29) is 23.8 Å². The number of hydrogen-bond donors (Lipinski definition) is 2. The Morgan fingerprint density at radius 1 is 1.33 bits per heavy atom. The standard InChI is InChI=1S/C18H21FN4O/c1-10-11(2)23(3)15-7-6-12(19)9-14(15)16(10)22-18-13(17(20)24)5-4-8-21-18/h4-11,16H,1-3H3,(H2,20,24)(H,21,22). The summed E-state index contributed by atoms with van der Waals surface area (Å²) >= 11 is 0. The van der Waals surface area contributed by atoms with Crippen LogP contribution in [0.15, 0.2) is 36.5 Å². The van der Waals surface area contributed by atoms with Crippen molar-refractivity contribution in [2.75, 3.05) is 17.3 Å². The van der Waals surface area contributed by atoms with Crippen molar-refractivity contribution in [1.82, 2.24) is 4.98 Å². The number of rotatable bonds is 3. The second-order valence-electron chi connectivity index (χ2n) is 6.30. The number of nitrogens with one attached hydrogen (secondary N) is 1. The molecular weight excluding hydrogens is 307 g/mol. The third-order valence-electron chi connectivity index (χ3n) is 4.97. The Hall–Kier alpha value is -2.63. The highest BCUT2D eigenvalue weighted by Crippen LogP contribution is 2.41. The number of halogens is 1. The van der Waals surface area contributed by atoms with Gasteiger partial charge in [0.2, 0.25) is 0 Å². The summed E-state index contributed by atoms with van der Waals surface area (Å²) in [4.78, 5) is 18.0. The van der Waals surface area contributed by atoms with Gasteiger partial charge >= 0.3 is 0 Å². The van der Waals surface area contributed by atoms with Crippen molar-refractivity contribution in [3.05, 3.63) is 53.5 Å². The zero-order valence-corrected chi connectivity index (χ0v) is 14.0. The van der Waals surface area contributed by atoms with E-state index >= 15 is 0 Å². The minimum Gasteiger partial charge on any atom is -0.371 e. The summed E-state index contributed by atoms with van der Waals surface area (Å²) in [6.07, 6.45) is 1.60. The van der Waals surface area contributed by atoms with E-state index in [1.165, 1.54) is 6.07 Å². The number of fused-ring (bicyclic) bond motifs is 1. The van der Waals surface area contributed by atoms with Gasteiger partial charge in [-0.25, -0.2) is 9.37 Å². The molecule has 1 aliphatic heterocycles. The SMILES string of the molecule is CC1C(Nc2ncccc2C(N)=O)c2cc(F)ccc2N(C)C1C. The predicted molar refractivity (Wildman–Crippen MR) is 92.5 cm³/mol. The van der Waals surface area contributed by atoms with Crippen LogP contribution in [0.3, 0.4) is 0 Å². The lowest BCUT2D eigenvalue weighted by molar-refractivity contribution is 0.100. The molecule has 0 aliphatic carbocycles. The van der Waals surface area contributed by atoms with Crippen LogP contribution in [0.5, 0.6) is 0 Å². The average molecular weight is 328 g/mol. The number of pyridine rings is 1. The topological polar surface area (TPSA) is 71.2 Å². The van der Waals surface area contributed by atoms with Crippen molar-refractivity contribution in [3.63, 3.8) is 0 Å². The number of carbonyl (C=O) groups is 1. The van der Waals surface area contributed by atoms with Crippen LogP contribution in [0.2, 0.25) is 0 Å². The van der Waals surface area contributed by atoms with E-state index in [0.717, 1.165) is 11.3 Å². The molecular formula is C18H21FN4O. The number of benzene rings is 1. The molecule has 1 amide bonds. The van der Waals surface area contributed by atoms with Gasteiger partial charge in [0.1, 0.15) is 11.6 Å². The number of carbonyl (C=O) groups excluding carboxylic acids is 1. The summed E-state index contributed by atoms with van der Waals surface area (Å²) in [5.74, 6) is -0.230. The van der Waals surface area contributed by atoms with Crippen LogP contribution in [-0.4, -0.2) is 24.0 Å². The zero-order chi connectivity index (χ0) is 17.4. The molecule has 0 spiro atoms. The smallest absolute Gasteiger partial charge is 0.252 e. The summed E-state index contributed by atoms with van der Waals surface area (Å²) in [5, 5.41) is 3.31. The molecule has 3 atom stereocenters. The Balaban J connectivity index is 2.06. The van der Waals surface area contributed by atoms with Crippen LogP contribution in [0, 0.1) is 11.7 Å². The number of primary amides is 1. The van der Waals surface area contributed by atoms with Gasteiger partial charge in [0.15, 0.2) is 0 Å². The molecule has 0 radical (unpaired) electrons. The van der Waals surface area contributed by atoms with Crippen LogP contribution < -0.4 is 16.0 Å². The first-order chi connectivity index (χ1) is 11.4. The quantitative estimate of drug-likeness (QED) is 0.909. The second kappa shape index (κ2) is 6.11. The molecule has 6 heteroatoms. The van der Waals surface area contributed by atoms with Gasteiger partial charge in [-0.05, 0) is 37.3 Å². The molecule has 1 aromatic carbocycles. The number of anilines is 2. The van der Waals surface area contributed by atoms with Crippen molar-refractivity contribution in [1.29, 1.82) is 0 Å². The Morgan fingerprint density at radius 2 is 2.08 bits per heavy atom. The molecule has 0 fully saturated rings. The molecule has 2 aromatic rings. The Kier molecular flexibility index (Phi) is 4.13. The highest BCUT2D eigenvalue weighted by Gasteiger charge is 2.35. The maximum Gasteiger partial charge on any atom is 0.252 e. The third kappa shape index (κ3) is 2.68. The highest BCUT2D eigenvalue weighted by molar-refractivity contribution is 5.97. The van der Waals surface area contributed by atoms with Gasteiger partial charge in [-0.1, -0.05) is 6.92 Å². The maximum atomic E-state index is 13.8. The Morgan fingerprint density at radius 3 is 2.79 bits per heavy atom. The molecule has 3 N–H and O–H groups in total. The summed E-state index contributed by atoms with van der Waals surface area (Å²) in [6, 6.07) is 8.15. The molecule has 1 aromatic heterocycles. The van der Waals surface area contributed by atoms with Gasteiger partial charge in [-0.3, -0.25) is 4.79 Å². The second-order valence-corrected chi connectivity index (χ2v) is 6.30. The number of amides is 1. The van der Waals surface area contributed by atoms with E-state index < -0.39 is 5.91 Å². The summed E-state index contributed by atoms with van der Waals surface area (Å²) in [5.41, 5.74) is 7.58. The average Bonchev–Trinajstić information content (AvgIpc) is 2.57. The summed E-state index contributed by atoms with van der Waals surface area (Å²) in [7, 11) is 2.00. The lowest BCUT2D eigenvalue weighted by Crippen LogP contribution is -2.44. The van der Waals surface area contributed by atoms with E-state index in [9.17, 15) is 9.18 Å². The monoisotopic (exact) mass is 328 g/mol. The van der Waals surface area contributed by atoms with Gasteiger partial charge in [0.05, 0.1) is 11.6 Å². The molecule has 5 nitrogen and oxygen atoms in total. The van der Waals surface area contributed by atoms with Crippen LogP contribution in [-0.2, 0) is 0 Å². The summed E-state index contributed by atoms with van der Waals surface area (Å²) in [6.45, 7) is 4.22. The van der Waals surface area contributed by atoms with Gasteiger partial charge in [-0.2, -0.15) is 0 Å². The number of hydrogen-bond acceptors (Lipinski definition) is 4. The number of aromatic nitrogens is 1. The first kappa shape index (κ1) is 16.2. The molecule has 0 saturated carbocycles. The van der Waals surface area contributed by atoms with Crippen molar-refractivity contribution in [2.45, 2.75) is 25.9 Å². The van der Waals surface area contributed by atoms with Crippen molar-refractivity contribution >= 4 is 17.4 Å². The normalized spacial score (nSPS) is 22.8. The minimum absolute atomic E-state index is 0.171. The maximum absolute atomic E-state index is 13.8. The Bertz CT molecular complexity index is 779. The van der Waals surface area contributed by atoms with E-state index in [1.807, 2.05) is 7.05 Å². The summed E-state index contributed by atoms with van der Waals surface area (Å²) < 4.78 is 13.8. The minimum atomic E-state index is -0.543. The van der Waals surface area contributed by atoms with Gasteiger partial charge < -0.3 is 16.0 Å². The van der Waals surface area contributed by atoms with Gasteiger partial charge in [0.25, 0.3) is 5.91 Å². The molecule has 126 valence electrons. The molecule has 3 rings (SSSR count). The lowest BCUT2D eigenvalue weighted by atomic mass is 9.83. The predicted octanol–water partition coefficient (Wildman–Crippen LogP) is 2.95. The zero-order valence-electron chi connectivity index (χ0n) is 14.0. The lowest BCUT2D eigenvalue weighted by Gasteiger charge is -2.43. The van der Waals surface area contributed by atoms with Crippen LogP contribution in [0.4, 0.5) is 15.9 Å². The first-order valence-corrected chi connectivity index (χ1v) is 7.93. The van der Waals surface area contributed by atoms with Crippen LogP contribution in [0.1, 0.15) is 35.8 Å². The van der Waals surface area contributed by atoms with Gasteiger partial charge in [0, 0.05) is 36.5 Å². The molecule has 24 heavy (non-hydrogen) atoms. The highest BCUT2D eigenvalue weighted by atomic mass is 19.1. The third-order valence-corrected chi connectivity index (χ3v) is 4.97. The van der Waals surface area contributed by atoms with Crippen molar-refractivity contribution < 1.29 is 9.18 Å². The fourth-order valence-corrected chi connectivity index (χ4v) is 3.31. The molecule has 0 bridgehead atoms. The van der Waals surface area contributed by atoms with Crippen molar-refractivity contribution in [2.24, 2.45) is 11.7 Å². The first-order valence-electron chi connectivity index (χ1n) is 7.93. The molecule has 0 saturated heterocycles. The molecule has 3 unspecified atom stereocenters. The molecule has 1 aliphatic rings. The van der Waals surface area contributed by atoms with E-state index in [2.05, 4.69) is 29.0 Å². The fraction of sp³-hybridized carbons (Fsp3) is 0.333. The van der Waals surface area contributed by atoms with Gasteiger partial charge in [-0.15, -0.1) is 0 Å². The van der Waals surface area contributed by atoms with E-state index in [4.69, 9.17) is 5.73 Å². The molecule has 2 heterocycles. The largest absolute Gasteiger partial charge is 0.371 e. The number of nitrogens with zero attached hydrogens (tertiary/aromatic N) is 2.